The minimum absolute atomic E-state index is 0. The maximum Gasteiger partial charge on any atom is 0.158 e. The summed E-state index contributed by atoms with van der Waals surface area (Å²) in [6, 6.07) is 16.1. The quantitative estimate of drug-likeness (QED) is 0.0117. The summed E-state index contributed by atoms with van der Waals surface area (Å²) < 4.78 is 2.84. The largest absolute Gasteiger partial charge is 1.00 e. The molecule has 0 aromatic heterocycles. The number of nitrogens with zero attached hydrogens (tertiary/aromatic N) is 2. The standard InChI is InChI=1S/2C18H12O6.2C16H36N.2HI.H2O/c2*19-13-1-7-8(2-14(13)20)10-4-17(23)18(24)6-12(10)11-5-16(22)15(21)3-9(7)11;2*1-5-9-13-17(14-10-6-2,15-11-7-3)16-12-8-4;;;/h2*1-6,19-24H;2*5-16H2,1-4H3;2*1H;1H2/q;;2*+1;;;/p-2. The van der Waals surface area contributed by atoms with Gasteiger partial charge in [-0.2, -0.15) is 0 Å². The van der Waals surface area contributed by atoms with Crippen LogP contribution in [0.25, 0.3) is 64.6 Å². The molecule has 8 aromatic rings. The van der Waals surface area contributed by atoms with E-state index >= 15 is 0 Å². The number of hydrogen-bond acceptors (Lipinski definition) is 12. The summed E-state index contributed by atoms with van der Waals surface area (Å²) >= 11 is 0. The monoisotopic (exact) mass is 1400 g/mol. The second kappa shape index (κ2) is 35.8. The van der Waals surface area contributed by atoms with Crippen LogP contribution in [-0.4, -0.2) is 128 Å². The molecule has 0 saturated heterocycles. The smallest absolute Gasteiger partial charge is 0.158 e. The van der Waals surface area contributed by atoms with Gasteiger partial charge in [-0.1, -0.05) is 107 Å². The highest BCUT2D eigenvalue weighted by atomic mass is 127. The van der Waals surface area contributed by atoms with E-state index in [1.807, 2.05) is 0 Å². The zero-order valence-corrected chi connectivity index (χ0v) is 55.7. The number of rotatable bonds is 24. The van der Waals surface area contributed by atoms with Crippen LogP contribution in [0.4, 0.5) is 0 Å². The van der Waals surface area contributed by atoms with E-state index in [0.717, 1.165) is 0 Å². The molecule has 0 saturated carbocycles. The number of fused-ring (bicyclic) bond motifs is 12. The summed E-state index contributed by atoms with van der Waals surface area (Å²) in [7, 11) is 0. The summed E-state index contributed by atoms with van der Waals surface area (Å²) in [5, 5.41) is 124. The van der Waals surface area contributed by atoms with Gasteiger partial charge >= 0.3 is 0 Å². The summed E-state index contributed by atoms with van der Waals surface area (Å²) in [4.78, 5) is 0. The number of phenolic OH excluding ortho intramolecular Hbond substituents is 12. The first-order valence-corrected chi connectivity index (χ1v) is 30.3. The Morgan fingerprint density at radius 3 is 0.353 bits per heavy atom. The SMILES string of the molecule is CCCC[N+](CCCC)(CCCC)CCCC.CCCC[N+](CCCC)(CCCC)CCCC.O.Oc1cc2c3cc(O)c(O)cc3c3cc(O)c(O)cc3c2cc1O.Oc1cc2c3cc(O)c(O)cc3c3cc(O)c(O)cc3c2cc1O.[I-].[I-]. The summed E-state index contributed by atoms with van der Waals surface area (Å²) in [5.74, 6) is -4.01. The average Bonchev–Trinajstić information content (AvgIpc) is 3.23. The molecule has 0 atom stereocenters. The molecule has 0 fully saturated rings. The Hall–Kier alpha value is -5.74. The molecule has 15 nitrogen and oxygen atoms in total. The predicted octanol–water partition coefficient (Wildman–Crippen LogP) is 9.95. The van der Waals surface area contributed by atoms with Crippen LogP contribution in [0.5, 0.6) is 69.0 Å². The van der Waals surface area contributed by atoms with Crippen LogP contribution in [-0.2, 0) is 0 Å². The molecular formula is C68H98I2N2O13. The van der Waals surface area contributed by atoms with Gasteiger partial charge in [0.05, 0.1) is 52.4 Å². The number of halogens is 2. The minimum atomic E-state index is -0.335. The van der Waals surface area contributed by atoms with Crippen molar-refractivity contribution in [2.75, 3.05) is 52.4 Å². The molecule has 0 heterocycles. The lowest BCUT2D eigenvalue weighted by atomic mass is 9.93. The molecule has 17 heteroatoms. The molecule has 0 spiro atoms. The summed E-state index contributed by atoms with van der Waals surface area (Å²) in [5.41, 5.74) is 0. The Morgan fingerprint density at radius 1 is 0.200 bits per heavy atom. The molecular weight excluding hydrogens is 1310 g/mol. The number of unbranched alkanes of at least 4 members (excludes halogenated alkanes) is 8. The van der Waals surface area contributed by atoms with Crippen LogP contribution in [0, 0.1) is 0 Å². The Bertz CT molecular complexity index is 2560. The number of hydrogen-bond donors (Lipinski definition) is 12. The molecule has 85 heavy (non-hydrogen) atoms. The minimum Gasteiger partial charge on any atom is -1.00 e. The highest BCUT2D eigenvalue weighted by Crippen LogP contribution is 2.47. The van der Waals surface area contributed by atoms with E-state index in [2.05, 4.69) is 55.4 Å². The first-order chi connectivity index (χ1) is 39.2. The van der Waals surface area contributed by atoms with E-state index in [1.165, 1.54) is 237 Å². The highest BCUT2D eigenvalue weighted by molar-refractivity contribution is 6.28. The number of aromatic hydroxyl groups is 12. The van der Waals surface area contributed by atoms with Crippen LogP contribution in [0.2, 0.25) is 0 Å². The fourth-order valence-corrected chi connectivity index (χ4v) is 11.4. The molecule has 0 bridgehead atoms. The van der Waals surface area contributed by atoms with Gasteiger partial charge in [-0.05, 0) is 189 Å². The van der Waals surface area contributed by atoms with E-state index < -0.39 is 0 Å². The second-order valence-corrected chi connectivity index (χ2v) is 22.6. The molecule has 0 amide bonds. The summed E-state index contributed by atoms with van der Waals surface area (Å²) in [6.45, 7) is 30.0. The highest BCUT2D eigenvalue weighted by Gasteiger charge is 2.26. The lowest BCUT2D eigenvalue weighted by Crippen LogP contribution is -3.00. The molecule has 0 aliphatic rings. The van der Waals surface area contributed by atoms with Gasteiger partial charge in [0.15, 0.2) is 69.0 Å². The van der Waals surface area contributed by atoms with Crippen molar-refractivity contribution in [1.82, 2.24) is 0 Å². The zero-order chi connectivity index (χ0) is 60.3. The number of quaternary nitrogens is 2. The number of phenols is 12. The van der Waals surface area contributed by atoms with Gasteiger partial charge in [0.1, 0.15) is 0 Å². The fraction of sp³-hybridized carbons (Fsp3) is 0.471. The van der Waals surface area contributed by atoms with Gasteiger partial charge in [0.2, 0.25) is 0 Å². The van der Waals surface area contributed by atoms with Gasteiger partial charge in [-0.3, -0.25) is 0 Å². The van der Waals surface area contributed by atoms with Crippen LogP contribution in [0.1, 0.15) is 158 Å². The third-order valence-electron chi connectivity index (χ3n) is 16.3. The lowest BCUT2D eigenvalue weighted by molar-refractivity contribution is -0.929. The van der Waals surface area contributed by atoms with Crippen LogP contribution in [0.3, 0.4) is 0 Å². The Kier molecular flexibility index (Phi) is 31.7. The third kappa shape index (κ3) is 19.1. The van der Waals surface area contributed by atoms with Crippen LogP contribution in [0.15, 0.2) is 72.8 Å². The molecule has 14 N–H and O–H groups in total. The third-order valence-corrected chi connectivity index (χ3v) is 16.3. The molecule has 8 rings (SSSR count). The van der Waals surface area contributed by atoms with Gasteiger partial charge in [0, 0.05) is 0 Å². The summed E-state index contributed by atoms with van der Waals surface area (Å²) in [6.07, 6.45) is 22.1. The molecule has 0 aliphatic heterocycles. The molecule has 8 aromatic carbocycles. The van der Waals surface area contributed by atoms with Crippen LogP contribution >= 0.6 is 0 Å². The zero-order valence-electron chi connectivity index (χ0n) is 51.4. The van der Waals surface area contributed by atoms with E-state index in [1.54, 1.807) is 0 Å². The fourth-order valence-electron chi connectivity index (χ4n) is 11.4. The normalized spacial score (nSPS) is 11.3. The van der Waals surface area contributed by atoms with Crippen molar-refractivity contribution in [2.24, 2.45) is 0 Å². The lowest BCUT2D eigenvalue weighted by Gasteiger charge is -2.39. The Labute approximate surface area is 537 Å². The maximum absolute atomic E-state index is 9.82. The average molecular weight is 1410 g/mol. The first-order valence-electron chi connectivity index (χ1n) is 30.3. The van der Waals surface area contributed by atoms with Crippen molar-refractivity contribution in [3.8, 4) is 69.0 Å². The van der Waals surface area contributed by atoms with Gasteiger partial charge in [0.25, 0.3) is 0 Å². The Balaban J connectivity index is 0.000000389. The van der Waals surface area contributed by atoms with E-state index in [-0.39, 0.29) is 122 Å². The van der Waals surface area contributed by atoms with Gasteiger partial charge < -0.3 is 124 Å². The maximum atomic E-state index is 9.82. The van der Waals surface area contributed by atoms with Crippen molar-refractivity contribution < 1.29 is 124 Å². The molecule has 0 aliphatic carbocycles. The van der Waals surface area contributed by atoms with Crippen molar-refractivity contribution in [3.63, 3.8) is 0 Å². The van der Waals surface area contributed by atoms with Crippen molar-refractivity contribution >= 4 is 64.6 Å². The van der Waals surface area contributed by atoms with Crippen molar-refractivity contribution in [3.05, 3.63) is 72.8 Å². The molecule has 472 valence electrons. The molecule has 0 radical (unpaired) electrons. The topological polar surface area (TPSA) is 274 Å². The second-order valence-electron chi connectivity index (χ2n) is 22.6. The predicted molar refractivity (Wildman–Crippen MR) is 340 cm³/mol. The van der Waals surface area contributed by atoms with Crippen molar-refractivity contribution in [1.29, 1.82) is 0 Å². The van der Waals surface area contributed by atoms with E-state index in [0.29, 0.717) is 64.6 Å². The van der Waals surface area contributed by atoms with Crippen molar-refractivity contribution in [2.45, 2.75) is 158 Å². The van der Waals surface area contributed by atoms with E-state index in [9.17, 15) is 61.3 Å². The van der Waals surface area contributed by atoms with Gasteiger partial charge in [-0.25, -0.2) is 0 Å². The molecule has 0 unspecified atom stereocenters. The number of benzene rings is 8. The first kappa shape index (κ1) is 75.4. The van der Waals surface area contributed by atoms with E-state index in [4.69, 9.17) is 0 Å². The Morgan fingerprint density at radius 2 is 0.282 bits per heavy atom. The van der Waals surface area contributed by atoms with Gasteiger partial charge in [-0.15, -0.1) is 0 Å². The van der Waals surface area contributed by atoms with Crippen LogP contribution < -0.4 is 48.0 Å².